The van der Waals surface area contributed by atoms with Crippen molar-refractivity contribution in [3.63, 3.8) is 0 Å². The molecular formula is C20H23Cl2N3O2. The van der Waals surface area contributed by atoms with Crippen molar-refractivity contribution in [1.29, 1.82) is 0 Å². The molecule has 3 aromatic rings. The molecule has 0 saturated heterocycles. The molecule has 144 valence electrons. The lowest BCUT2D eigenvalue weighted by Crippen LogP contribution is -2.39. The van der Waals surface area contributed by atoms with E-state index in [2.05, 4.69) is 15.3 Å². The predicted octanol–water partition coefficient (Wildman–Crippen LogP) is 5.06. The molecule has 1 unspecified atom stereocenters. The molecule has 0 fully saturated rings. The van der Waals surface area contributed by atoms with E-state index in [1.807, 2.05) is 30.3 Å². The summed E-state index contributed by atoms with van der Waals surface area (Å²) in [6.45, 7) is 0. The average Bonchev–Trinajstić information content (AvgIpc) is 3.10. The summed E-state index contributed by atoms with van der Waals surface area (Å²) in [5.74, 6) is 0.873. The van der Waals surface area contributed by atoms with E-state index in [1.165, 1.54) is 0 Å². The van der Waals surface area contributed by atoms with E-state index in [0.717, 1.165) is 30.7 Å². The summed E-state index contributed by atoms with van der Waals surface area (Å²) >= 11 is 6.31. The number of aromatic nitrogens is 2. The minimum Gasteiger partial charge on any atom is -0.456 e. The summed E-state index contributed by atoms with van der Waals surface area (Å²) in [6, 6.07) is 14.6. The van der Waals surface area contributed by atoms with Crippen molar-refractivity contribution < 1.29 is 12.4 Å². The fraction of sp³-hybridized carbons (Fsp3) is 0.200. The quantitative estimate of drug-likeness (QED) is 0.635. The van der Waals surface area contributed by atoms with Crippen LogP contribution in [0.15, 0.2) is 54.9 Å². The van der Waals surface area contributed by atoms with Gasteiger partial charge in [-0.25, -0.2) is 4.98 Å². The van der Waals surface area contributed by atoms with Gasteiger partial charge in [0.15, 0.2) is 0 Å². The third-order valence-electron chi connectivity index (χ3n) is 4.50. The first-order chi connectivity index (χ1) is 12.7. The highest BCUT2D eigenvalue weighted by molar-refractivity contribution is 6.34. The molecule has 7 heteroatoms. The normalized spacial score (nSPS) is 15.4. The lowest BCUT2D eigenvalue weighted by molar-refractivity contribution is 0.0931. The molecule has 1 aromatic heterocycles. The van der Waals surface area contributed by atoms with Crippen LogP contribution in [0.5, 0.6) is 11.5 Å². The Kier molecular flexibility index (Phi) is 6.04. The molecule has 2 aromatic carbocycles. The molecule has 27 heavy (non-hydrogen) atoms. The third-order valence-corrected chi connectivity index (χ3v) is 4.81. The fourth-order valence-corrected chi connectivity index (χ4v) is 3.46. The number of rotatable bonds is 4. The highest BCUT2D eigenvalue weighted by Gasteiger charge is 2.25. The number of amides is 1. The van der Waals surface area contributed by atoms with Crippen molar-refractivity contribution in [2.45, 2.75) is 25.3 Å². The summed E-state index contributed by atoms with van der Waals surface area (Å²) < 4.78 is 5.88. The number of H-pyrrole nitrogens is 1. The second-order valence-electron chi connectivity index (χ2n) is 6.27. The van der Waals surface area contributed by atoms with Gasteiger partial charge in [-0.15, -0.1) is 12.4 Å². The molecule has 0 saturated carbocycles. The maximum absolute atomic E-state index is 12.9. The van der Waals surface area contributed by atoms with Crippen LogP contribution < -0.4 is 10.1 Å². The Hall–Kier alpha value is -2.50. The molecule has 1 aliphatic rings. The number of hydrogen-bond donors (Lipinski definition) is 2. The van der Waals surface area contributed by atoms with E-state index in [9.17, 15) is 4.79 Å². The molecule has 5 nitrogen and oxygen atoms in total. The van der Waals surface area contributed by atoms with Gasteiger partial charge in [-0.3, -0.25) is 4.79 Å². The van der Waals surface area contributed by atoms with Gasteiger partial charge >= 0.3 is 0 Å². The summed E-state index contributed by atoms with van der Waals surface area (Å²) in [5.41, 5.74) is 2.52. The molecular weight excluding hydrogens is 385 g/mol. The summed E-state index contributed by atoms with van der Waals surface area (Å²) in [7, 11) is 0. The molecule has 0 aliphatic heterocycles. The van der Waals surface area contributed by atoms with E-state index in [-0.39, 0.29) is 27.2 Å². The standard InChI is InChI=1S/C20H18ClN3O2.ClH.2H2/c21-15-7-4-8-18(26-14-5-2-1-3-6-14)19(15)20(25)24-13-9-10-16-17(11-13)23-12-22-16;;;/h1-8,12-13H,9-11H2,(H,22,23)(H,24,25);3*1H. The van der Waals surface area contributed by atoms with Crippen LogP contribution >= 0.6 is 24.0 Å². The van der Waals surface area contributed by atoms with Gasteiger partial charge in [-0.05, 0) is 37.1 Å². The number of carbonyl (C=O) groups excluding carboxylic acids is 1. The van der Waals surface area contributed by atoms with Crippen LogP contribution in [0, 0.1) is 0 Å². The molecule has 1 atom stereocenters. The average molecular weight is 408 g/mol. The molecule has 4 rings (SSSR count). The molecule has 1 heterocycles. The zero-order chi connectivity index (χ0) is 17.9. The van der Waals surface area contributed by atoms with Gasteiger partial charge in [0.05, 0.1) is 17.0 Å². The van der Waals surface area contributed by atoms with Crippen molar-refractivity contribution in [3.8, 4) is 11.5 Å². The molecule has 2 N–H and O–H groups in total. The Morgan fingerprint density at radius 2 is 2.04 bits per heavy atom. The number of nitrogens with one attached hydrogen (secondary N) is 2. The number of fused-ring (bicyclic) bond motifs is 1. The minimum absolute atomic E-state index is 0. The first kappa shape index (κ1) is 19.3. The van der Waals surface area contributed by atoms with Gasteiger partial charge in [0.2, 0.25) is 0 Å². The fourth-order valence-electron chi connectivity index (χ4n) is 3.21. The number of halogens is 2. The Bertz CT molecular complexity index is 938. The largest absolute Gasteiger partial charge is 0.456 e. The van der Waals surface area contributed by atoms with Crippen LogP contribution in [-0.2, 0) is 12.8 Å². The van der Waals surface area contributed by atoms with Gasteiger partial charge < -0.3 is 15.0 Å². The predicted molar refractivity (Wildman–Crippen MR) is 111 cm³/mol. The summed E-state index contributed by atoms with van der Waals surface area (Å²) in [4.78, 5) is 20.3. The number of nitrogens with zero attached hydrogens (tertiary/aromatic N) is 1. The highest BCUT2D eigenvalue weighted by Crippen LogP contribution is 2.31. The summed E-state index contributed by atoms with van der Waals surface area (Å²) in [6.07, 6.45) is 4.14. The van der Waals surface area contributed by atoms with Crippen LogP contribution in [0.25, 0.3) is 0 Å². The number of benzene rings is 2. The zero-order valence-electron chi connectivity index (χ0n) is 14.4. The number of imidazole rings is 1. The second kappa shape index (κ2) is 8.46. The van der Waals surface area contributed by atoms with E-state index in [0.29, 0.717) is 22.1 Å². The van der Waals surface area contributed by atoms with Crippen LogP contribution in [-0.4, -0.2) is 21.9 Å². The Morgan fingerprint density at radius 3 is 2.85 bits per heavy atom. The van der Waals surface area contributed by atoms with Crippen LogP contribution in [0.1, 0.15) is 31.0 Å². The lowest BCUT2D eigenvalue weighted by atomic mass is 9.96. The van der Waals surface area contributed by atoms with Crippen molar-refractivity contribution in [3.05, 3.63) is 76.8 Å². The monoisotopic (exact) mass is 407 g/mol. The Morgan fingerprint density at radius 1 is 1.22 bits per heavy atom. The lowest BCUT2D eigenvalue weighted by Gasteiger charge is -2.23. The highest BCUT2D eigenvalue weighted by atomic mass is 35.5. The second-order valence-corrected chi connectivity index (χ2v) is 6.68. The molecule has 0 radical (unpaired) electrons. The molecule has 1 aliphatic carbocycles. The summed E-state index contributed by atoms with van der Waals surface area (Å²) in [5, 5.41) is 3.45. The zero-order valence-corrected chi connectivity index (χ0v) is 16.0. The number of aryl methyl sites for hydroxylation is 1. The third kappa shape index (κ3) is 4.26. The number of para-hydroxylation sites is 1. The van der Waals surface area contributed by atoms with Crippen molar-refractivity contribution in [2.75, 3.05) is 0 Å². The number of ether oxygens (including phenoxy) is 1. The van der Waals surface area contributed by atoms with Crippen molar-refractivity contribution >= 4 is 29.9 Å². The van der Waals surface area contributed by atoms with Gasteiger partial charge in [0.1, 0.15) is 17.1 Å². The Labute approximate surface area is 171 Å². The van der Waals surface area contributed by atoms with E-state index in [1.54, 1.807) is 24.5 Å². The maximum Gasteiger partial charge on any atom is 0.256 e. The number of aromatic amines is 1. The molecule has 1 amide bonds. The SMILES string of the molecule is Cl.O=C(NC1CCc2nc[nH]c2C1)c1c(Cl)cccc1Oc1ccccc1.[HH].[HH]. The van der Waals surface area contributed by atoms with Gasteiger partial charge in [0.25, 0.3) is 5.91 Å². The topological polar surface area (TPSA) is 67.0 Å². The number of hydrogen-bond acceptors (Lipinski definition) is 3. The minimum atomic E-state index is -0.227. The van der Waals surface area contributed by atoms with Crippen molar-refractivity contribution in [1.82, 2.24) is 15.3 Å². The maximum atomic E-state index is 12.9. The van der Waals surface area contributed by atoms with Crippen LogP contribution in [0.2, 0.25) is 5.02 Å². The molecule has 0 bridgehead atoms. The first-order valence-electron chi connectivity index (χ1n) is 8.54. The van der Waals surface area contributed by atoms with Gasteiger partial charge in [-0.1, -0.05) is 35.9 Å². The number of carbonyl (C=O) groups is 1. The molecule has 0 spiro atoms. The first-order valence-corrected chi connectivity index (χ1v) is 8.92. The van der Waals surface area contributed by atoms with Crippen molar-refractivity contribution in [2.24, 2.45) is 0 Å². The van der Waals surface area contributed by atoms with Gasteiger partial charge in [0, 0.05) is 21.0 Å². The van der Waals surface area contributed by atoms with Crippen LogP contribution in [0.3, 0.4) is 0 Å². The van der Waals surface area contributed by atoms with E-state index in [4.69, 9.17) is 16.3 Å². The van der Waals surface area contributed by atoms with Crippen LogP contribution in [0.4, 0.5) is 0 Å². The van der Waals surface area contributed by atoms with E-state index >= 15 is 0 Å². The van der Waals surface area contributed by atoms with Gasteiger partial charge in [-0.2, -0.15) is 0 Å². The Balaban J connectivity index is 0.00000140. The van der Waals surface area contributed by atoms with E-state index < -0.39 is 0 Å². The smallest absolute Gasteiger partial charge is 0.256 e.